The minimum atomic E-state index is -0.181. The molecule has 4 heteroatoms. The average Bonchev–Trinajstić information content (AvgIpc) is 2.43. The number of aromatic amines is 2. The molecule has 0 aliphatic heterocycles. The minimum Gasteiger partial charge on any atom is -0.306 e. The van der Waals surface area contributed by atoms with E-state index in [1.54, 1.807) is 6.20 Å². The third kappa shape index (κ3) is 1.01. The van der Waals surface area contributed by atoms with Gasteiger partial charge in [-0.15, -0.1) is 0 Å². The van der Waals surface area contributed by atoms with Crippen molar-refractivity contribution in [1.82, 2.24) is 15.0 Å². The van der Waals surface area contributed by atoms with Crippen molar-refractivity contribution in [2.45, 2.75) is 13.3 Å². The molecule has 0 unspecified atom stereocenters. The predicted molar refractivity (Wildman–Crippen MR) is 46.1 cm³/mol. The van der Waals surface area contributed by atoms with Gasteiger partial charge in [0.2, 0.25) is 0 Å². The van der Waals surface area contributed by atoms with Gasteiger partial charge in [-0.3, -0.25) is 4.98 Å². The Morgan fingerprint density at radius 1 is 1.42 bits per heavy atom. The van der Waals surface area contributed by atoms with Crippen LogP contribution in [0.4, 0.5) is 0 Å². The number of aromatic nitrogens is 3. The number of pyridine rings is 1. The fourth-order valence-corrected chi connectivity index (χ4v) is 1.17. The molecular weight excluding hydrogens is 154 g/mol. The van der Waals surface area contributed by atoms with Crippen molar-refractivity contribution < 1.29 is 0 Å². The molecular formula is C8H9N3O. The maximum absolute atomic E-state index is 10.8. The molecule has 0 aliphatic carbocycles. The molecule has 2 N–H and O–H groups in total. The molecule has 0 aromatic carbocycles. The number of fused-ring (bicyclic) bond motifs is 1. The molecule has 2 aromatic heterocycles. The second kappa shape index (κ2) is 2.48. The summed E-state index contributed by atoms with van der Waals surface area (Å²) in [6.07, 6.45) is 2.55. The Balaban J connectivity index is 2.74. The summed E-state index contributed by atoms with van der Waals surface area (Å²) < 4.78 is 0. The van der Waals surface area contributed by atoms with E-state index in [9.17, 15) is 4.79 Å². The topological polar surface area (TPSA) is 61.5 Å². The number of imidazole rings is 1. The van der Waals surface area contributed by atoms with Gasteiger partial charge >= 0.3 is 5.69 Å². The monoisotopic (exact) mass is 163 g/mol. The summed E-state index contributed by atoms with van der Waals surface area (Å²) in [5.41, 5.74) is 2.39. The molecule has 2 rings (SSSR count). The standard InChI is InChI=1S/C8H9N3O/c1-2-5-3-6-7(4-9-5)11-8(12)10-6/h3-4H,2H2,1H3,(H2,10,11,12). The van der Waals surface area contributed by atoms with E-state index in [0.29, 0.717) is 0 Å². The Morgan fingerprint density at radius 3 is 2.92 bits per heavy atom. The molecule has 2 heterocycles. The van der Waals surface area contributed by atoms with Crippen LogP contribution in [0.1, 0.15) is 12.6 Å². The number of H-pyrrole nitrogens is 2. The lowest BCUT2D eigenvalue weighted by Gasteiger charge is -1.93. The smallest absolute Gasteiger partial charge is 0.306 e. The molecule has 0 radical (unpaired) electrons. The van der Waals surface area contributed by atoms with Crippen molar-refractivity contribution >= 4 is 11.0 Å². The van der Waals surface area contributed by atoms with Crippen molar-refractivity contribution in [2.24, 2.45) is 0 Å². The van der Waals surface area contributed by atoms with Crippen LogP contribution >= 0.6 is 0 Å². The molecule has 0 fully saturated rings. The Kier molecular flexibility index (Phi) is 1.46. The number of hydrogen-bond acceptors (Lipinski definition) is 2. The third-order valence-electron chi connectivity index (χ3n) is 1.82. The van der Waals surface area contributed by atoms with Crippen LogP contribution in [0.5, 0.6) is 0 Å². The molecule has 0 atom stereocenters. The van der Waals surface area contributed by atoms with E-state index < -0.39 is 0 Å². The lowest BCUT2D eigenvalue weighted by Crippen LogP contribution is -1.99. The normalized spacial score (nSPS) is 10.8. The summed E-state index contributed by atoms with van der Waals surface area (Å²) in [4.78, 5) is 20.3. The summed E-state index contributed by atoms with van der Waals surface area (Å²) in [5, 5.41) is 0. The average molecular weight is 163 g/mol. The summed E-state index contributed by atoms with van der Waals surface area (Å²) in [5.74, 6) is 0. The van der Waals surface area contributed by atoms with Gasteiger partial charge in [-0.05, 0) is 12.5 Å². The van der Waals surface area contributed by atoms with E-state index in [1.165, 1.54) is 0 Å². The number of nitrogens with one attached hydrogen (secondary N) is 2. The van der Waals surface area contributed by atoms with Gasteiger partial charge in [0.05, 0.1) is 17.2 Å². The molecule has 62 valence electrons. The summed E-state index contributed by atoms with van der Waals surface area (Å²) in [6, 6.07) is 1.88. The summed E-state index contributed by atoms with van der Waals surface area (Å²) in [7, 11) is 0. The van der Waals surface area contributed by atoms with Gasteiger partial charge < -0.3 is 9.97 Å². The minimum absolute atomic E-state index is 0.181. The van der Waals surface area contributed by atoms with Crippen LogP contribution in [0.15, 0.2) is 17.1 Å². The fraction of sp³-hybridized carbons (Fsp3) is 0.250. The van der Waals surface area contributed by atoms with E-state index in [-0.39, 0.29) is 5.69 Å². The maximum Gasteiger partial charge on any atom is 0.323 e. The van der Waals surface area contributed by atoms with E-state index >= 15 is 0 Å². The summed E-state index contributed by atoms with van der Waals surface area (Å²) in [6.45, 7) is 2.03. The first-order chi connectivity index (χ1) is 5.79. The van der Waals surface area contributed by atoms with Crippen molar-refractivity contribution in [3.8, 4) is 0 Å². The summed E-state index contributed by atoms with van der Waals surface area (Å²) >= 11 is 0. The largest absolute Gasteiger partial charge is 0.323 e. The van der Waals surface area contributed by atoms with Gasteiger partial charge in [0, 0.05) is 5.69 Å². The number of rotatable bonds is 1. The Morgan fingerprint density at radius 2 is 2.17 bits per heavy atom. The van der Waals surface area contributed by atoms with Crippen LogP contribution in [-0.2, 0) is 6.42 Å². The van der Waals surface area contributed by atoms with Crippen molar-refractivity contribution in [1.29, 1.82) is 0 Å². The Labute approximate surface area is 68.7 Å². The quantitative estimate of drug-likeness (QED) is 0.653. The highest BCUT2D eigenvalue weighted by atomic mass is 16.1. The van der Waals surface area contributed by atoms with Crippen LogP contribution in [-0.4, -0.2) is 15.0 Å². The zero-order valence-electron chi connectivity index (χ0n) is 6.72. The van der Waals surface area contributed by atoms with Gasteiger partial charge in [0.15, 0.2) is 0 Å². The van der Waals surface area contributed by atoms with Crippen LogP contribution in [0.25, 0.3) is 11.0 Å². The molecule has 0 saturated heterocycles. The van der Waals surface area contributed by atoms with Crippen LogP contribution in [0, 0.1) is 0 Å². The van der Waals surface area contributed by atoms with E-state index in [2.05, 4.69) is 15.0 Å². The molecule has 0 aliphatic rings. The van der Waals surface area contributed by atoms with Crippen LogP contribution < -0.4 is 5.69 Å². The highest BCUT2D eigenvalue weighted by Gasteiger charge is 1.98. The third-order valence-corrected chi connectivity index (χ3v) is 1.82. The number of aryl methyl sites for hydroxylation is 1. The zero-order valence-corrected chi connectivity index (χ0v) is 6.72. The molecule has 0 spiro atoms. The van der Waals surface area contributed by atoms with E-state index in [0.717, 1.165) is 23.1 Å². The van der Waals surface area contributed by atoms with Gasteiger partial charge in [-0.25, -0.2) is 4.79 Å². The highest BCUT2D eigenvalue weighted by Crippen LogP contribution is 2.06. The molecule has 12 heavy (non-hydrogen) atoms. The lowest BCUT2D eigenvalue weighted by molar-refractivity contribution is 1.04. The first kappa shape index (κ1) is 7.09. The van der Waals surface area contributed by atoms with Crippen LogP contribution in [0.2, 0.25) is 0 Å². The van der Waals surface area contributed by atoms with Gasteiger partial charge in [-0.1, -0.05) is 6.92 Å². The van der Waals surface area contributed by atoms with Crippen molar-refractivity contribution in [3.63, 3.8) is 0 Å². The molecule has 4 nitrogen and oxygen atoms in total. The zero-order chi connectivity index (χ0) is 8.55. The Hall–Kier alpha value is -1.58. The molecule has 2 aromatic rings. The molecule has 0 saturated carbocycles. The second-order valence-electron chi connectivity index (χ2n) is 2.65. The number of hydrogen-bond donors (Lipinski definition) is 2. The molecule has 0 bridgehead atoms. The lowest BCUT2D eigenvalue weighted by atomic mass is 10.3. The van der Waals surface area contributed by atoms with E-state index in [1.807, 2.05) is 13.0 Å². The number of nitrogens with zero attached hydrogens (tertiary/aromatic N) is 1. The maximum atomic E-state index is 10.8. The van der Waals surface area contributed by atoms with E-state index in [4.69, 9.17) is 0 Å². The first-order valence-corrected chi connectivity index (χ1v) is 3.86. The van der Waals surface area contributed by atoms with Gasteiger partial charge in [-0.2, -0.15) is 0 Å². The van der Waals surface area contributed by atoms with Crippen molar-refractivity contribution in [2.75, 3.05) is 0 Å². The highest BCUT2D eigenvalue weighted by molar-refractivity contribution is 5.73. The first-order valence-electron chi connectivity index (χ1n) is 3.86. The van der Waals surface area contributed by atoms with Crippen LogP contribution in [0.3, 0.4) is 0 Å². The Bertz CT molecular complexity index is 455. The van der Waals surface area contributed by atoms with Gasteiger partial charge in [0.1, 0.15) is 0 Å². The van der Waals surface area contributed by atoms with Crippen molar-refractivity contribution in [3.05, 3.63) is 28.4 Å². The predicted octanol–water partition coefficient (Wildman–Crippen LogP) is 0.814. The SMILES string of the molecule is CCc1cc2[nH]c(=O)[nH]c2cn1. The fourth-order valence-electron chi connectivity index (χ4n) is 1.17. The van der Waals surface area contributed by atoms with Gasteiger partial charge in [0.25, 0.3) is 0 Å². The second-order valence-corrected chi connectivity index (χ2v) is 2.65. The molecule has 0 amide bonds.